The second-order valence-electron chi connectivity index (χ2n) is 12.5. The molecule has 0 aliphatic carbocycles. The van der Waals surface area contributed by atoms with E-state index < -0.39 is 18.1 Å². The van der Waals surface area contributed by atoms with Crippen molar-refractivity contribution in [3.05, 3.63) is 60.8 Å². The first kappa shape index (κ1) is 43.0. The Balaban J connectivity index is 4.64. The van der Waals surface area contributed by atoms with Crippen LogP contribution in [-0.4, -0.2) is 80.6 Å². The predicted molar refractivity (Wildman–Crippen MR) is 187 cm³/mol. The molecule has 0 saturated carbocycles. The lowest BCUT2D eigenvalue weighted by atomic mass is 10.1. The third-order valence-corrected chi connectivity index (χ3v) is 7.31. The van der Waals surface area contributed by atoms with Crippen LogP contribution in [0.15, 0.2) is 60.8 Å². The second kappa shape index (κ2) is 29.4. The molecular formula is C38H64NO7+. The normalized spacial score (nSPS) is 13.8. The van der Waals surface area contributed by atoms with E-state index in [1.54, 1.807) is 0 Å². The van der Waals surface area contributed by atoms with E-state index >= 15 is 0 Å². The van der Waals surface area contributed by atoms with Crippen LogP contribution < -0.4 is 0 Å². The molecule has 0 aliphatic heterocycles. The van der Waals surface area contributed by atoms with Gasteiger partial charge >= 0.3 is 17.9 Å². The van der Waals surface area contributed by atoms with Crippen LogP contribution in [0.25, 0.3) is 0 Å². The van der Waals surface area contributed by atoms with Crippen LogP contribution in [0.2, 0.25) is 0 Å². The molecule has 0 saturated heterocycles. The van der Waals surface area contributed by atoms with Gasteiger partial charge in [-0.05, 0) is 25.7 Å². The van der Waals surface area contributed by atoms with Crippen LogP contribution in [0.5, 0.6) is 0 Å². The van der Waals surface area contributed by atoms with Gasteiger partial charge in [-0.2, -0.15) is 0 Å². The molecule has 0 radical (unpaired) electrons. The quantitative estimate of drug-likeness (QED) is 0.0378. The van der Waals surface area contributed by atoms with Gasteiger partial charge in [-0.3, -0.25) is 9.59 Å². The molecule has 0 spiro atoms. The minimum atomic E-state index is -0.891. The number of unbranched alkanes of at least 4 members (excludes halogenated alkanes) is 9. The fraction of sp³-hybridized carbons (Fsp3) is 0.658. The summed E-state index contributed by atoms with van der Waals surface area (Å²) in [5.41, 5.74) is 0. The van der Waals surface area contributed by atoms with Gasteiger partial charge in [-0.25, -0.2) is 4.79 Å². The molecule has 8 nitrogen and oxygen atoms in total. The van der Waals surface area contributed by atoms with Crippen LogP contribution >= 0.6 is 0 Å². The van der Waals surface area contributed by atoms with Gasteiger partial charge in [0.25, 0.3) is 0 Å². The number of allylic oxidation sites excluding steroid dienone is 10. The molecule has 2 atom stereocenters. The molecule has 0 aromatic carbocycles. The number of carboxylic acids is 1. The van der Waals surface area contributed by atoms with Crippen molar-refractivity contribution in [3.8, 4) is 0 Å². The molecule has 0 aliphatic rings. The van der Waals surface area contributed by atoms with Gasteiger partial charge in [0.2, 0.25) is 0 Å². The van der Waals surface area contributed by atoms with Crippen LogP contribution in [0.3, 0.4) is 0 Å². The smallest absolute Gasteiger partial charge is 0.362 e. The highest BCUT2D eigenvalue weighted by Crippen LogP contribution is 2.12. The molecule has 0 aromatic rings. The number of carboxylic acid groups (broad SMARTS) is 1. The van der Waals surface area contributed by atoms with Crippen LogP contribution in [0, 0.1) is 0 Å². The number of hydrogen-bond donors (Lipinski definition) is 1. The second-order valence-corrected chi connectivity index (χ2v) is 12.5. The standard InChI is InChI=1S/C38H63NO7/c1-6-8-10-12-14-16-17-18-19-21-23-25-27-29-37(41)46-34(32-44-31-30-35(38(42)43)39(3,4)5)33-45-36(40)28-26-24-22-20-15-13-11-9-7-2/h8,10,12,14,16-19,21,23,34-35H,6-7,9,11,13,15,20,22,24-33H2,1-5H3/p+1/b10-8+,14-12+,17-16+,19-18+,23-21+. The molecule has 0 rings (SSSR count). The summed E-state index contributed by atoms with van der Waals surface area (Å²) in [7, 11) is 5.47. The van der Waals surface area contributed by atoms with E-state index in [0.717, 1.165) is 32.1 Å². The summed E-state index contributed by atoms with van der Waals surface area (Å²) in [5.74, 6) is -1.58. The Hall–Kier alpha value is -2.97. The zero-order chi connectivity index (χ0) is 34.3. The van der Waals surface area contributed by atoms with Crippen molar-refractivity contribution in [1.29, 1.82) is 0 Å². The van der Waals surface area contributed by atoms with Crippen LogP contribution in [0.1, 0.15) is 110 Å². The van der Waals surface area contributed by atoms with E-state index in [1.165, 1.54) is 38.5 Å². The highest BCUT2D eigenvalue weighted by atomic mass is 16.6. The summed E-state index contributed by atoms with van der Waals surface area (Å²) in [6.45, 7) is 4.45. The number of esters is 2. The van der Waals surface area contributed by atoms with E-state index in [2.05, 4.69) is 19.9 Å². The van der Waals surface area contributed by atoms with Crippen molar-refractivity contribution >= 4 is 17.9 Å². The van der Waals surface area contributed by atoms with E-state index in [1.807, 2.05) is 75.8 Å². The van der Waals surface area contributed by atoms with E-state index in [9.17, 15) is 19.5 Å². The fourth-order valence-corrected chi connectivity index (χ4v) is 4.59. The summed E-state index contributed by atoms with van der Waals surface area (Å²) in [6, 6.07) is -0.626. The lowest BCUT2D eigenvalue weighted by Crippen LogP contribution is -2.50. The number of carbonyl (C=O) groups is 3. The third-order valence-electron chi connectivity index (χ3n) is 7.31. The molecule has 0 heterocycles. The van der Waals surface area contributed by atoms with E-state index in [-0.39, 0.29) is 42.7 Å². The number of ether oxygens (including phenoxy) is 3. The molecule has 262 valence electrons. The number of quaternary nitrogens is 1. The number of hydrogen-bond acceptors (Lipinski definition) is 6. The zero-order valence-electron chi connectivity index (χ0n) is 29.5. The first-order chi connectivity index (χ1) is 22.1. The van der Waals surface area contributed by atoms with Gasteiger partial charge < -0.3 is 23.8 Å². The largest absolute Gasteiger partial charge is 0.477 e. The van der Waals surface area contributed by atoms with Crippen molar-refractivity contribution in [2.45, 2.75) is 122 Å². The molecule has 1 N–H and O–H groups in total. The SMILES string of the molecule is CC/C=C/C=C/C=C/C=C/C=C/CCCC(=O)OC(COCCC(C(=O)O)[N+](C)(C)C)COC(=O)CCCCCCCCCCC. The molecular weight excluding hydrogens is 582 g/mol. The fourth-order valence-electron chi connectivity index (χ4n) is 4.59. The topological polar surface area (TPSA) is 99.1 Å². The van der Waals surface area contributed by atoms with Crippen molar-refractivity contribution < 1.29 is 38.2 Å². The molecule has 46 heavy (non-hydrogen) atoms. The summed E-state index contributed by atoms with van der Waals surface area (Å²) >= 11 is 0. The molecule has 0 aromatic heterocycles. The van der Waals surface area contributed by atoms with Gasteiger partial charge in [0, 0.05) is 19.3 Å². The molecule has 0 amide bonds. The summed E-state index contributed by atoms with van der Waals surface area (Å²) in [4.78, 5) is 36.6. The van der Waals surface area contributed by atoms with Crippen LogP contribution in [0.4, 0.5) is 0 Å². The van der Waals surface area contributed by atoms with Gasteiger partial charge in [-0.15, -0.1) is 0 Å². The molecule has 0 bridgehead atoms. The van der Waals surface area contributed by atoms with Gasteiger partial charge in [0.15, 0.2) is 12.1 Å². The monoisotopic (exact) mass is 646 g/mol. The van der Waals surface area contributed by atoms with Gasteiger partial charge in [-0.1, -0.05) is 126 Å². The Morgan fingerprint density at radius 2 is 1.22 bits per heavy atom. The predicted octanol–water partition coefficient (Wildman–Crippen LogP) is 8.29. The molecule has 2 unspecified atom stereocenters. The first-order valence-corrected chi connectivity index (χ1v) is 17.4. The maximum absolute atomic E-state index is 12.6. The maximum Gasteiger partial charge on any atom is 0.362 e. The molecule has 0 fully saturated rings. The number of likely N-dealkylation sites (N-methyl/N-ethyl adjacent to an activating group) is 1. The van der Waals surface area contributed by atoms with Crippen molar-refractivity contribution in [2.75, 3.05) is 41.0 Å². The summed E-state index contributed by atoms with van der Waals surface area (Å²) < 4.78 is 17.0. The summed E-state index contributed by atoms with van der Waals surface area (Å²) in [6.07, 6.45) is 32.8. The van der Waals surface area contributed by atoms with Gasteiger partial charge in [0.1, 0.15) is 6.61 Å². The number of carbonyl (C=O) groups excluding carboxylic acids is 2. The highest BCUT2D eigenvalue weighted by molar-refractivity contribution is 5.72. The van der Waals surface area contributed by atoms with E-state index in [0.29, 0.717) is 19.3 Å². The minimum Gasteiger partial charge on any atom is -0.477 e. The lowest BCUT2D eigenvalue weighted by Gasteiger charge is -2.31. The van der Waals surface area contributed by atoms with E-state index in [4.69, 9.17) is 14.2 Å². The first-order valence-electron chi connectivity index (χ1n) is 17.4. The third kappa shape index (κ3) is 27.3. The Morgan fingerprint density at radius 1 is 0.674 bits per heavy atom. The maximum atomic E-state index is 12.6. The van der Waals surface area contributed by atoms with Crippen LogP contribution in [-0.2, 0) is 28.6 Å². The Kier molecular flexibility index (Phi) is 27.5. The number of rotatable bonds is 29. The minimum absolute atomic E-state index is 0.0306. The molecule has 8 heteroatoms. The zero-order valence-corrected chi connectivity index (χ0v) is 29.5. The van der Waals surface area contributed by atoms with Crippen molar-refractivity contribution in [2.24, 2.45) is 0 Å². The Bertz CT molecular complexity index is 943. The Labute approximate surface area is 279 Å². The summed E-state index contributed by atoms with van der Waals surface area (Å²) in [5, 5.41) is 9.55. The number of nitrogens with zero attached hydrogens (tertiary/aromatic N) is 1. The highest BCUT2D eigenvalue weighted by Gasteiger charge is 2.31. The van der Waals surface area contributed by atoms with Crippen molar-refractivity contribution in [1.82, 2.24) is 0 Å². The Morgan fingerprint density at radius 3 is 1.78 bits per heavy atom. The average Bonchev–Trinajstić information content (AvgIpc) is 3.00. The van der Waals surface area contributed by atoms with Gasteiger partial charge in [0.05, 0.1) is 34.4 Å². The number of aliphatic carboxylic acids is 1. The van der Waals surface area contributed by atoms with Crippen molar-refractivity contribution in [3.63, 3.8) is 0 Å². The average molecular weight is 647 g/mol. The lowest BCUT2D eigenvalue weighted by molar-refractivity contribution is -0.887.